The van der Waals surface area contributed by atoms with Gasteiger partial charge in [-0.05, 0) is 25.0 Å². The van der Waals surface area contributed by atoms with Crippen molar-refractivity contribution in [2.75, 3.05) is 11.9 Å². The van der Waals surface area contributed by atoms with Gasteiger partial charge >= 0.3 is 0 Å². The lowest BCUT2D eigenvalue weighted by Gasteiger charge is -2.08. The van der Waals surface area contributed by atoms with Gasteiger partial charge in [-0.25, -0.2) is 0 Å². The molecule has 1 aliphatic carbocycles. The first kappa shape index (κ1) is 8.59. The molecule has 0 aromatic heterocycles. The SMILES string of the molecule is O=C1Nc2cccc(O)c2OCC12CC2. The Kier molecular flexibility index (Phi) is 1.52. The van der Waals surface area contributed by atoms with E-state index >= 15 is 0 Å². The highest BCUT2D eigenvalue weighted by molar-refractivity contribution is 5.99. The van der Waals surface area contributed by atoms with Gasteiger partial charge in [-0.3, -0.25) is 4.79 Å². The van der Waals surface area contributed by atoms with Gasteiger partial charge in [0.2, 0.25) is 5.91 Å². The summed E-state index contributed by atoms with van der Waals surface area (Å²) in [5, 5.41) is 12.4. The Labute approximate surface area is 86.9 Å². The minimum absolute atomic E-state index is 0.00634. The van der Waals surface area contributed by atoms with Crippen molar-refractivity contribution in [3.8, 4) is 11.5 Å². The van der Waals surface area contributed by atoms with E-state index in [1.165, 1.54) is 0 Å². The Balaban J connectivity index is 2.04. The van der Waals surface area contributed by atoms with E-state index in [-0.39, 0.29) is 17.1 Å². The van der Waals surface area contributed by atoms with Crippen LogP contribution in [-0.4, -0.2) is 17.6 Å². The molecule has 4 heteroatoms. The number of para-hydroxylation sites is 1. The second-order valence-electron chi connectivity index (χ2n) is 4.18. The van der Waals surface area contributed by atoms with Crippen molar-refractivity contribution in [1.29, 1.82) is 0 Å². The number of hydrogen-bond acceptors (Lipinski definition) is 3. The number of phenols is 1. The highest BCUT2D eigenvalue weighted by Gasteiger charge is 2.52. The zero-order valence-corrected chi connectivity index (χ0v) is 8.12. The number of nitrogens with one attached hydrogen (secondary N) is 1. The molecule has 0 bridgehead atoms. The summed E-state index contributed by atoms with van der Waals surface area (Å²) in [5.41, 5.74) is 0.217. The summed E-state index contributed by atoms with van der Waals surface area (Å²) in [6.07, 6.45) is 1.74. The molecule has 0 atom stereocenters. The smallest absolute Gasteiger partial charge is 0.234 e. The molecule has 1 heterocycles. The third-order valence-electron chi connectivity index (χ3n) is 3.07. The average molecular weight is 205 g/mol. The Morgan fingerprint density at radius 2 is 2.20 bits per heavy atom. The van der Waals surface area contributed by atoms with Crippen molar-refractivity contribution in [2.24, 2.45) is 5.41 Å². The minimum Gasteiger partial charge on any atom is -0.504 e. The van der Waals surface area contributed by atoms with Gasteiger partial charge in [0.15, 0.2) is 11.5 Å². The first-order valence-corrected chi connectivity index (χ1v) is 4.98. The standard InChI is InChI=1S/C11H11NO3/c13-8-3-1-2-7-9(8)15-6-11(4-5-11)10(14)12-7/h1-3,13H,4-6H2,(H,12,14). The van der Waals surface area contributed by atoms with Crippen LogP contribution in [0.25, 0.3) is 0 Å². The normalized spacial score (nSPS) is 21.2. The monoisotopic (exact) mass is 205 g/mol. The predicted molar refractivity (Wildman–Crippen MR) is 53.9 cm³/mol. The van der Waals surface area contributed by atoms with Gasteiger partial charge in [0.05, 0.1) is 11.1 Å². The van der Waals surface area contributed by atoms with Crippen molar-refractivity contribution in [3.63, 3.8) is 0 Å². The van der Waals surface area contributed by atoms with Gasteiger partial charge in [-0.1, -0.05) is 6.07 Å². The molecule has 3 rings (SSSR count). The van der Waals surface area contributed by atoms with E-state index in [1.54, 1.807) is 18.2 Å². The lowest BCUT2D eigenvalue weighted by molar-refractivity contribution is -0.121. The Morgan fingerprint density at radius 1 is 1.40 bits per heavy atom. The number of ether oxygens (including phenoxy) is 1. The second kappa shape index (κ2) is 2.66. The van der Waals surface area contributed by atoms with E-state index < -0.39 is 0 Å². The Morgan fingerprint density at radius 3 is 2.93 bits per heavy atom. The molecule has 15 heavy (non-hydrogen) atoms. The van der Waals surface area contributed by atoms with Crippen LogP contribution in [0.1, 0.15) is 12.8 Å². The van der Waals surface area contributed by atoms with Gasteiger partial charge in [0.1, 0.15) is 6.61 Å². The lowest BCUT2D eigenvalue weighted by atomic mass is 10.1. The van der Waals surface area contributed by atoms with E-state index in [0.29, 0.717) is 18.0 Å². The Hall–Kier alpha value is -1.71. The molecule has 1 aromatic carbocycles. The molecule has 4 nitrogen and oxygen atoms in total. The summed E-state index contributed by atoms with van der Waals surface area (Å²) >= 11 is 0. The zero-order chi connectivity index (χ0) is 10.5. The number of aromatic hydroxyl groups is 1. The summed E-state index contributed by atoms with van der Waals surface area (Å²) in [6.45, 7) is 0.364. The average Bonchev–Trinajstić information content (AvgIpc) is 2.98. The van der Waals surface area contributed by atoms with Crippen LogP contribution >= 0.6 is 0 Å². The molecule has 0 saturated heterocycles. The molecule has 1 aliphatic heterocycles. The largest absolute Gasteiger partial charge is 0.504 e. The molecule has 1 fully saturated rings. The van der Waals surface area contributed by atoms with Gasteiger partial charge in [0, 0.05) is 0 Å². The molecule has 2 aliphatic rings. The Bertz CT molecular complexity index is 437. The number of amides is 1. The molecule has 0 radical (unpaired) electrons. The molecule has 0 unspecified atom stereocenters. The minimum atomic E-state index is -0.342. The number of benzene rings is 1. The molecule has 2 N–H and O–H groups in total. The number of phenolic OH excluding ortho intramolecular Hbond substituents is 1. The first-order valence-electron chi connectivity index (χ1n) is 4.98. The van der Waals surface area contributed by atoms with Crippen LogP contribution in [0.4, 0.5) is 5.69 Å². The highest BCUT2D eigenvalue weighted by Crippen LogP contribution is 2.50. The maximum absolute atomic E-state index is 11.8. The van der Waals surface area contributed by atoms with Crippen LogP contribution in [0, 0.1) is 5.41 Å². The number of anilines is 1. The highest BCUT2D eigenvalue weighted by atomic mass is 16.5. The molecular formula is C11H11NO3. The first-order chi connectivity index (χ1) is 7.21. The van der Waals surface area contributed by atoms with Crippen molar-refractivity contribution < 1.29 is 14.6 Å². The maximum atomic E-state index is 11.8. The van der Waals surface area contributed by atoms with Gasteiger partial charge in [-0.2, -0.15) is 0 Å². The van der Waals surface area contributed by atoms with Crippen molar-refractivity contribution in [3.05, 3.63) is 18.2 Å². The number of carbonyl (C=O) groups is 1. The number of carbonyl (C=O) groups excluding carboxylic acids is 1. The number of fused-ring (bicyclic) bond motifs is 1. The van der Waals surface area contributed by atoms with Crippen molar-refractivity contribution in [1.82, 2.24) is 0 Å². The zero-order valence-electron chi connectivity index (χ0n) is 8.12. The fourth-order valence-electron chi connectivity index (χ4n) is 1.83. The van der Waals surface area contributed by atoms with E-state index in [0.717, 1.165) is 12.8 Å². The second-order valence-corrected chi connectivity index (χ2v) is 4.18. The van der Waals surface area contributed by atoms with E-state index in [2.05, 4.69) is 5.32 Å². The van der Waals surface area contributed by atoms with Crippen LogP contribution < -0.4 is 10.1 Å². The molecule has 1 amide bonds. The molecule has 1 aromatic rings. The van der Waals surface area contributed by atoms with Gasteiger partial charge in [0.25, 0.3) is 0 Å². The number of hydrogen-bond donors (Lipinski definition) is 2. The van der Waals surface area contributed by atoms with E-state index in [1.807, 2.05) is 0 Å². The van der Waals surface area contributed by atoms with Crippen molar-refractivity contribution >= 4 is 11.6 Å². The molecular weight excluding hydrogens is 194 g/mol. The van der Waals surface area contributed by atoms with Crippen LogP contribution in [-0.2, 0) is 4.79 Å². The quantitative estimate of drug-likeness (QED) is 0.674. The van der Waals surface area contributed by atoms with Gasteiger partial charge in [-0.15, -0.1) is 0 Å². The van der Waals surface area contributed by atoms with Crippen LogP contribution in [0.5, 0.6) is 11.5 Å². The van der Waals surface area contributed by atoms with Crippen LogP contribution in [0.2, 0.25) is 0 Å². The van der Waals surface area contributed by atoms with E-state index in [9.17, 15) is 9.90 Å². The predicted octanol–water partition coefficient (Wildman–Crippen LogP) is 1.50. The van der Waals surface area contributed by atoms with Crippen LogP contribution in [0.15, 0.2) is 18.2 Å². The summed E-state index contributed by atoms with van der Waals surface area (Å²) in [7, 11) is 0. The molecule has 78 valence electrons. The summed E-state index contributed by atoms with van der Waals surface area (Å²) < 4.78 is 5.49. The summed E-state index contributed by atoms with van der Waals surface area (Å²) in [6, 6.07) is 4.97. The molecule has 1 spiro atoms. The third-order valence-corrected chi connectivity index (χ3v) is 3.07. The van der Waals surface area contributed by atoms with Crippen LogP contribution in [0.3, 0.4) is 0 Å². The van der Waals surface area contributed by atoms with E-state index in [4.69, 9.17) is 4.74 Å². The molecule has 1 saturated carbocycles. The summed E-state index contributed by atoms with van der Waals surface area (Å²) in [5.74, 6) is 0.465. The fourth-order valence-corrected chi connectivity index (χ4v) is 1.83. The van der Waals surface area contributed by atoms with Gasteiger partial charge < -0.3 is 15.2 Å². The fraction of sp³-hybridized carbons (Fsp3) is 0.364. The summed E-state index contributed by atoms with van der Waals surface area (Å²) in [4.78, 5) is 11.8. The third kappa shape index (κ3) is 1.17. The van der Waals surface area contributed by atoms with Crippen molar-refractivity contribution in [2.45, 2.75) is 12.8 Å². The lowest BCUT2D eigenvalue weighted by Crippen LogP contribution is -2.26. The number of rotatable bonds is 0. The topological polar surface area (TPSA) is 58.6 Å². The maximum Gasteiger partial charge on any atom is 0.234 e.